The van der Waals surface area contributed by atoms with Crippen molar-refractivity contribution in [3.8, 4) is 0 Å². The summed E-state index contributed by atoms with van der Waals surface area (Å²) in [7, 11) is -4.21. The average Bonchev–Trinajstić information content (AvgIpc) is 1.96. The quantitative estimate of drug-likeness (QED) is 0.336. The smallest absolute Gasteiger partial charge is 0.340 e. The molecule has 0 amide bonds. The van der Waals surface area contributed by atoms with E-state index in [-0.39, 0.29) is 0 Å². The van der Waals surface area contributed by atoms with Crippen molar-refractivity contribution < 1.29 is 24.3 Å². The lowest BCUT2D eigenvalue weighted by atomic mass is 10.7. The maximum atomic E-state index is 10.6. The second-order valence-corrected chi connectivity index (χ2v) is 5.14. The first-order chi connectivity index (χ1) is 6.35. The van der Waals surface area contributed by atoms with Crippen LogP contribution in [0.25, 0.3) is 0 Å². The van der Waals surface area contributed by atoms with E-state index in [2.05, 4.69) is 6.58 Å². The van der Waals surface area contributed by atoms with Crippen LogP contribution in [0, 0.1) is 0 Å². The van der Waals surface area contributed by atoms with Crippen molar-refractivity contribution in [2.24, 2.45) is 0 Å². The number of rotatable bonds is 7. The summed E-state index contributed by atoms with van der Waals surface area (Å²) in [5.41, 5.74) is 0. The summed E-state index contributed by atoms with van der Waals surface area (Å²) >= 11 is 1.02. The van der Waals surface area contributed by atoms with Crippen LogP contribution in [0.2, 0.25) is 0 Å². The summed E-state index contributed by atoms with van der Waals surface area (Å²) in [6.45, 7) is 3.01. The third-order valence-corrected chi connectivity index (χ3v) is 2.94. The molecule has 0 heterocycles. The molecule has 0 radical (unpaired) electrons. The Balaban J connectivity index is 4.16. The van der Waals surface area contributed by atoms with E-state index in [0.717, 1.165) is 16.3 Å². The van der Waals surface area contributed by atoms with Crippen molar-refractivity contribution in [2.45, 2.75) is 0 Å². The Labute approximate surface area is 85.9 Å². The fourth-order valence-corrected chi connectivity index (χ4v) is 2.46. The monoisotopic (exact) mass is 241 g/mol. The van der Waals surface area contributed by atoms with Crippen LogP contribution in [0.1, 0.15) is 0 Å². The van der Waals surface area contributed by atoms with Gasteiger partial charge in [0, 0.05) is 5.75 Å². The van der Waals surface area contributed by atoms with E-state index in [0.29, 0.717) is 5.75 Å². The average molecular weight is 241 g/mol. The van der Waals surface area contributed by atoms with Crippen molar-refractivity contribution >= 4 is 25.5 Å². The summed E-state index contributed by atoms with van der Waals surface area (Å²) < 4.78 is 11.7. The third kappa shape index (κ3) is 8.28. The van der Waals surface area contributed by atoms with Crippen LogP contribution < -0.4 is 0 Å². The minimum absolute atomic E-state index is 0.410. The molecule has 0 fully saturated rings. The lowest BCUT2D eigenvalue weighted by Crippen LogP contribution is -2.24. The zero-order chi connectivity index (χ0) is 11.2. The maximum Gasteiger partial charge on any atom is 0.340 e. The Morgan fingerprint density at radius 2 is 2.14 bits per heavy atom. The van der Waals surface area contributed by atoms with Crippen LogP contribution in [0.5, 0.6) is 0 Å². The van der Waals surface area contributed by atoms with Crippen LogP contribution in [0.3, 0.4) is 0 Å². The number of hydrogen-bond donors (Lipinski definition) is 3. The number of carboxylic acid groups (broad SMARTS) is 1. The number of hydrogen-bond acceptors (Lipinski definition) is 4. The third-order valence-electron chi connectivity index (χ3n) is 1.03. The van der Waals surface area contributed by atoms with Crippen LogP contribution in [0.15, 0.2) is 12.7 Å². The Kier molecular flexibility index (Phi) is 6.06. The van der Waals surface area contributed by atoms with E-state index in [1.165, 1.54) is 6.08 Å². The van der Waals surface area contributed by atoms with E-state index < -0.39 is 26.4 Å². The summed E-state index contributed by atoms with van der Waals surface area (Å²) in [6.07, 6.45) is 0.955. The van der Waals surface area contributed by atoms with Gasteiger partial charge in [0.05, 0.1) is 0 Å². The molecule has 0 aliphatic carbocycles. The summed E-state index contributed by atoms with van der Waals surface area (Å²) in [5.74, 6) is -0.720. The highest BCUT2D eigenvalue weighted by atomic mass is 32.2. The fourth-order valence-electron chi connectivity index (χ4n) is 0.651. The van der Waals surface area contributed by atoms with Crippen LogP contribution in [-0.4, -0.2) is 43.8 Å². The molecule has 0 aromatic rings. The van der Waals surface area contributed by atoms with E-state index >= 15 is 0 Å². The number of aliphatic carboxylic acids is 1. The Bertz CT molecular complexity index is 253. The van der Waals surface area contributed by atoms with Gasteiger partial charge < -0.3 is 14.9 Å². The van der Waals surface area contributed by atoms with Gasteiger partial charge in [-0.25, -0.2) is 4.31 Å². The van der Waals surface area contributed by atoms with Gasteiger partial charge in [0.1, 0.15) is 12.8 Å². The van der Waals surface area contributed by atoms with E-state index in [4.69, 9.17) is 14.9 Å². The molecule has 0 atom stereocenters. The molecule has 0 unspecified atom stereocenters. The van der Waals surface area contributed by atoms with Crippen molar-refractivity contribution in [2.75, 3.05) is 18.6 Å². The molecule has 0 aromatic heterocycles. The lowest BCUT2D eigenvalue weighted by molar-refractivity contribution is -0.136. The molecule has 0 rings (SSSR count). The molecule has 3 N–H and O–H groups in total. The van der Waals surface area contributed by atoms with Crippen molar-refractivity contribution in [1.29, 1.82) is 0 Å². The van der Waals surface area contributed by atoms with Gasteiger partial charge >= 0.3 is 13.6 Å². The number of carboxylic acids is 1. The zero-order valence-corrected chi connectivity index (χ0v) is 9.08. The summed E-state index contributed by atoms with van der Waals surface area (Å²) in [6, 6.07) is 0. The molecule has 0 aliphatic rings. The molecular formula is C6H12NO5PS. The van der Waals surface area contributed by atoms with Gasteiger partial charge in [-0.1, -0.05) is 18.0 Å². The molecule has 82 valence electrons. The zero-order valence-electron chi connectivity index (χ0n) is 7.37. The van der Waals surface area contributed by atoms with Gasteiger partial charge in [-0.05, 0) is 0 Å². The predicted molar refractivity (Wildman–Crippen MR) is 53.9 cm³/mol. The Morgan fingerprint density at radius 3 is 2.50 bits per heavy atom. The van der Waals surface area contributed by atoms with E-state index in [1.807, 2.05) is 0 Å². The fraction of sp³-hybridized carbons (Fsp3) is 0.500. The van der Waals surface area contributed by atoms with Crippen molar-refractivity contribution in [3.05, 3.63) is 12.7 Å². The van der Waals surface area contributed by atoms with E-state index in [9.17, 15) is 9.36 Å². The Hall–Kier alpha value is -0.330. The highest BCUT2D eigenvalue weighted by Crippen LogP contribution is 2.37. The molecule has 14 heavy (non-hydrogen) atoms. The lowest BCUT2D eigenvalue weighted by Gasteiger charge is -2.18. The molecule has 0 saturated heterocycles. The first-order valence-corrected chi connectivity index (χ1v) is 6.34. The van der Waals surface area contributed by atoms with Crippen molar-refractivity contribution in [3.63, 3.8) is 0 Å². The number of nitrogens with zero attached hydrogens (tertiary/aromatic N) is 1. The molecule has 6 nitrogen and oxygen atoms in total. The molecular weight excluding hydrogens is 229 g/mol. The predicted octanol–water partition coefficient (Wildman–Crippen LogP) is 0.342. The first-order valence-electron chi connectivity index (χ1n) is 3.60. The molecule has 0 aromatic carbocycles. The van der Waals surface area contributed by atoms with Gasteiger partial charge in [0.15, 0.2) is 0 Å². The molecule has 0 spiro atoms. The highest BCUT2D eigenvalue weighted by molar-refractivity contribution is 7.97. The van der Waals surface area contributed by atoms with Gasteiger partial charge in [-0.2, -0.15) is 0 Å². The normalized spacial score (nSPS) is 11.6. The largest absolute Gasteiger partial charge is 0.480 e. The minimum atomic E-state index is -4.21. The van der Waals surface area contributed by atoms with Crippen LogP contribution in [-0.2, 0) is 9.36 Å². The summed E-state index contributed by atoms with van der Waals surface area (Å²) in [5, 5.41) is 8.45. The van der Waals surface area contributed by atoms with Gasteiger partial charge in [-0.15, -0.1) is 6.58 Å². The van der Waals surface area contributed by atoms with Gasteiger partial charge in [-0.3, -0.25) is 9.36 Å². The second-order valence-electron chi connectivity index (χ2n) is 2.42. The second kappa shape index (κ2) is 6.21. The topological polar surface area (TPSA) is 98.1 Å². The Morgan fingerprint density at radius 1 is 1.57 bits per heavy atom. The molecule has 8 heteroatoms. The van der Waals surface area contributed by atoms with Gasteiger partial charge in [0.25, 0.3) is 0 Å². The van der Waals surface area contributed by atoms with E-state index in [1.54, 1.807) is 0 Å². The van der Waals surface area contributed by atoms with Gasteiger partial charge in [0.2, 0.25) is 0 Å². The van der Waals surface area contributed by atoms with Crippen molar-refractivity contribution in [1.82, 2.24) is 4.31 Å². The minimum Gasteiger partial charge on any atom is -0.480 e. The van der Waals surface area contributed by atoms with Crippen LogP contribution in [0.4, 0.5) is 0 Å². The summed E-state index contributed by atoms with van der Waals surface area (Å²) in [4.78, 5) is 27.6. The molecule has 0 bridgehead atoms. The SMILES string of the molecule is C=CCSN(CC(=O)O)CP(=O)(O)O. The standard InChI is InChI=1S/C6H12NO5PS/c1-2-3-14-7(4-6(8)9)5-13(10,11)12/h2H,1,3-5H2,(H,8,9)(H2,10,11,12). The number of carbonyl (C=O) groups is 1. The molecule has 0 aliphatic heterocycles. The highest BCUT2D eigenvalue weighted by Gasteiger charge is 2.21. The molecule has 0 saturated carbocycles. The first kappa shape index (κ1) is 13.7. The maximum absolute atomic E-state index is 10.6. The van der Waals surface area contributed by atoms with Crippen LogP contribution >= 0.6 is 19.5 Å².